The average molecular weight is 347 g/mol. The van der Waals surface area contributed by atoms with Gasteiger partial charge in [-0.05, 0) is 36.6 Å². The molecule has 2 aromatic rings. The van der Waals surface area contributed by atoms with Gasteiger partial charge in [0.1, 0.15) is 0 Å². The Kier molecular flexibility index (Phi) is 4.51. The minimum absolute atomic E-state index is 0.699. The molecule has 21 heavy (non-hydrogen) atoms. The number of aromatic nitrogens is 2. The van der Waals surface area contributed by atoms with E-state index in [1.54, 1.807) is 0 Å². The first-order chi connectivity index (χ1) is 10.2. The van der Waals surface area contributed by atoms with Gasteiger partial charge in [-0.25, -0.2) is 0 Å². The fraction of sp³-hybridized carbons (Fsp3) is 0.375. The van der Waals surface area contributed by atoms with Gasteiger partial charge in [-0.15, -0.1) is 5.10 Å². The summed E-state index contributed by atoms with van der Waals surface area (Å²) in [5, 5.41) is 12.1. The van der Waals surface area contributed by atoms with Crippen LogP contribution >= 0.6 is 15.9 Å². The first kappa shape index (κ1) is 14.5. The van der Waals surface area contributed by atoms with Crippen molar-refractivity contribution in [2.45, 2.75) is 32.0 Å². The molecule has 1 aromatic heterocycles. The first-order valence-electron chi connectivity index (χ1n) is 7.23. The molecule has 0 radical (unpaired) electrons. The summed E-state index contributed by atoms with van der Waals surface area (Å²) in [6.07, 6.45) is 2.58. The summed E-state index contributed by atoms with van der Waals surface area (Å²) in [5.74, 6) is 0.890. The van der Waals surface area contributed by atoms with E-state index < -0.39 is 0 Å². The van der Waals surface area contributed by atoms with Crippen molar-refractivity contribution >= 4 is 21.7 Å². The molecular weight excluding hydrogens is 328 g/mol. The smallest absolute Gasteiger partial charge is 0.151 e. The van der Waals surface area contributed by atoms with Crippen molar-refractivity contribution in [1.29, 1.82) is 0 Å². The third kappa shape index (κ3) is 4.02. The van der Waals surface area contributed by atoms with Crippen LogP contribution in [-0.2, 0) is 13.1 Å². The zero-order valence-electron chi connectivity index (χ0n) is 12.1. The maximum atomic E-state index is 4.32. The second-order valence-electron chi connectivity index (χ2n) is 5.49. The number of benzene rings is 1. The number of halogens is 1. The van der Waals surface area contributed by atoms with Gasteiger partial charge in [0.2, 0.25) is 0 Å². The molecule has 0 unspecified atom stereocenters. The molecule has 0 spiro atoms. The van der Waals surface area contributed by atoms with Gasteiger partial charge >= 0.3 is 0 Å². The predicted molar refractivity (Wildman–Crippen MR) is 88.1 cm³/mol. The molecule has 1 saturated carbocycles. The molecule has 0 amide bonds. The highest BCUT2D eigenvalue weighted by Gasteiger charge is 2.20. The fourth-order valence-electron chi connectivity index (χ4n) is 2.15. The van der Waals surface area contributed by atoms with Crippen LogP contribution in [0.15, 0.2) is 40.9 Å². The van der Waals surface area contributed by atoms with Crippen molar-refractivity contribution < 1.29 is 0 Å². The molecule has 1 aliphatic rings. The van der Waals surface area contributed by atoms with Gasteiger partial charge in [0, 0.05) is 30.7 Å². The molecule has 1 heterocycles. The molecule has 1 aromatic carbocycles. The summed E-state index contributed by atoms with van der Waals surface area (Å²) < 4.78 is 1.12. The van der Waals surface area contributed by atoms with Crippen molar-refractivity contribution in [1.82, 2.24) is 15.5 Å². The second kappa shape index (κ2) is 6.54. The van der Waals surface area contributed by atoms with E-state index in [1.165, 1.54) is 18.4 Å². The van der Waals surface area contributed by atoms with Crippen LogP contribution in [0.5, 0.6) is 0 Å². The zero-order chi connectivity index (χ0) is 14.7. The van der Waals surface area contributed by atoms with Gasteiger partial charge in [-0.1, -0.05) is 34.1 Å². The topological polar surface area (TPSA) is 41.0 Å². The van der Waals surface area contributed by atoms with E-state index in [2.05, 4.69) is 48.5 Å². The molecule has 0 atom stereocenters. The average Bonchev–Trinajstić information content (AvgIpc) is 3.32. The van der Waals surface area contributed by atoms with Crippen LogP contribution < -0.4 is 10.2 Å². The maximum absolute atomic E-state index is 4.32. The van der Waals surface area contributed by atoms with Gasteiger partial charge in [0.05, 0.1) is 5.69 Å². The Morgan fingerprint density at radius 3 is 2.67 bits per heavy atom. The van der Waals surface area contributed by atoms with Crippen LogP contribution in [-0.4, -0.2) is 23.3 Å². The number of hydrogen-bond donors (Lipinski definition) is 1. The molecule has 1 aliphatic carbocycles. The summed E-state index contributed by atoms with van der Waals surface area (Å²) in [7, 11) is 2.03. The normalized spacial score (nSPS) is 14.2. The van der Waals surface area contributed by atoms with Crippen molar-refractivity contribution in [2.75, 3.05) is 11.9 Å². The molecule has 5 heteroatoms. The highest BCUT2D eigenvalue weighted by atomic mass is 79.9. The molecule has 0 bridgehead atoms. The molecule has 0 saturated heterocycles. The van der Waals surface area contributed by atoms with Crippen LogP contribution in [0.1, 0.15) is 24.1 Å². The van der Waals surface area contributed by atoms with Gasteiger partial charge in [-0.2, -0.15) is 5.10 Å². The van der Waals surface area contributed by atoms with Crippen LogP contribution in [0.2, 0.25) is 0 Å². The van der Waals surface area contributed by atoms with E-state index in [-0.39, 0.29) is 0 Å². The molecule has 0 aliphatic heterocycles. The predicted octanol–water partition coefficient (Wildman–Crippen LogP) is 3.13. The molecule has 4 nitrogen and oxygen atoms in total. The van der Waals surface area contributed by atoms with Crippen LogP contribution in [0, 0.1) is 0 Å². The Hall–Kier alpha value is -1.46. The van der Waals surface area contributed by atoms with Crippen LogP contribution in [0.4, 0.5) is 5.82 Å². The Bertz CT molecular complexity index is 595. The third-order valence-electron chi connectivity index (χ3n) is 3.61. The van der Waals surface area contributed by atoms with Crippen LogP contribution in [0.25, 0.3) is 0 Å². The number of hydrogen-bond acceptors (Lipinski definition) is 4. The minimum Gasteiger partial charge on any atom is -0.354 e. The second-order valence-corrected chi connectivity index (χ2v) is 6.34. The Balaban J connectivity index is 1.61. The largest absolute Gasteiger partial charge is 0.354 e. The summed E-state index contributed by atoms with van der Waals surface area (Å²) in [6.45, 7) is 1.61. The zero-order valence-corrected chi connectivity index (χ0v) is 13.7. The lowest BCUT2D eigenvalue weighted by molar-refractivity contribution is 0.664. The molecule has 3 rings (SSSR count). The molecule has 110 valence electrons. The van der Waals surface area contributed by atoms with Crippen molar-refractivity contribution in [3.8, 4) is 0 Å². The highest BCUT2D eigenvalue weighted by molar-refractivity contribution is 9.10. The number of nitrogens with zero attached hydrogens (tertiary/aromatic N) is 3. The Morgan fingerprint density at radius 2 is 2.00 bits per heavy atom. The van der Waals surface area contributed by atoms with Crippen molar-refractivity contribution in [2.24, 2.45) is 0 Å². The van der Waals surface area contributed by atoms with Crippen molar-refractivity contribution in [3.05, 3.63) is 52.1 Å². The first-order valence-corrected chi connectivity index (χ1v) is 8.02. The van der Waals surface area contributed by atoms with Gasteiger partial charge < -0.3 is 10.2 Å². The standard InChI is InChI=1S/C16H19BrN4/c1-21(11-12-4-2-3-5-15(12)17)16-9-8-14(19-20-16)10-18-13-6-7-13/h2-5,8-9,13,18H,6-7,10-11H2,1H3. The SMILES string of the molecule is CN(Cc1ccccc1Br)c1ccc(CNC2CC2)nn1. The minimum atomic E-state index is 0.699. The molecule has 1 N–H and O–H groups in total. The monoisotopic (exact) mass is 346 g/mol. The highest BCUT2D eigenvalue weighted by Crippen LogP contribution is 2.20. The van der Waals surface area contributed by atoms with E-state index >= 15 is 0 Å². The molecule has 1 fully saturated rings. The number of nitrogens with one attached hydrogen (secondary N) is 1. The summed E-state index contributed by atoms with van der Waals surface area (Å²) in [5.41, 5.74) is 2.24. The maximum Gasteiger partial charge on any atom is 0.151 e. The quantitative estimate of drug-likeness (QED) is 0.872. The summed E-state index contributed by atoms with van der Waals surface area (Å²) in [4.78, 5) is 2.10. The fourth-order valence-corrected chi connectivity index (χ4v) is 2.56. The third-order valence-corrected chi connectivity index (χ3v) is 4.38. The lowest BCUT2D eigenvalue weighted by Gasteiger charge is -2.18. The van der Waals surface area contributed by atoms with E-state index in [0.717, 1.165) is 29.1 Å². The lowest BCUT2D eigenvalue weighted by atomic mass is 10.2. The van der Waals surface area contributed by atoms with E-state index in [9.17, 15) is 0 Å². The van der Waals surface area contributed by atoms with E-state index in [1.807, 2.05) is 31.3 Å². The lowest BCUT2D eigenvalue weighted by Crippen LogP contribution is -2.20. The summed E-state index contributed by atoms with van der Waals surface area (Å²) >= 11 is 3.58. The van der Waals surface area contributed by atoms with E-state index in [4.69, 9.17) is 0 Å². The van der Waals surface area contributed by atoms with Crippen molar-refractivity contribution in [3.63, 3.8) is 0 Å². The van der Waals surface area contributed by atoms with Crippen LogP contribution in [0.3, 0.4) is 0 Å². The van der Waals surface area contributed by atoms with E-state index in [0.29, 0.717) is 6.04 Å². The number of anilines is 1. The Morgan fingerprint density at radius 1 is 1.19 bits per heavy atom. The molecular formula is C16H19BrN4. The Labute approximate surface area is 133 Å². The van der Waals surface area contributed by atoms with Gasteiger partial charge in [-0.3, -0.25) is 0 Å². The van der Waals surface area contributed by atoms with Gasteiger partial charge in [0.15, 0.2) is 5.82 Å². The summed E-state index contributed by atoms with van der Waals surface area (Å²) in [6, 6.07) is 13.0. The number of rotatable bonds is 6. The van der Waals surface area contributed by atoms with Gasteiger partial charge in [0.25, 0.3) is 0 Å².